The molecule has 1 aliphatic rings. The highest BCUT2D eigenvalue weighted by Gasteiger charge is 2.43. The molecule has 1 saturated heterocycles. The molecule has 1 heterocycles. The summed E-state index contributed by atoms with van der Waals surface area (Å²) < 4.78 is 6.10. The van der Waals surface area contributed by atoms with E-state index in [1.165, 1.54) is 9.80 Å². The van der Waals surface area contributed by atoms with Crippen molar-refractivity contribution in [2.45, 2.75) is 57.9 Å². The van der Waals surface area contributed by atoms with Crippen molar-refractivity contribution in [3.63, 3.8) is 0 Å². The Hall–Kier alpha value is -0.883. The number of piperazine rings is 1. The first kappa shape index (κ1) is 17.2. The molecule has 20 heavy (non-hydrogen) atoms. The lowest BCUT2D eigenvalue weighted by Gasteiger charge is -2.43. The third kappa shape index (κ3) is 3.06. The molecule has 0 saturated carbocycles. The first-order valence-corrected chi connectivity index (χ1v) is 9.98. The van der Waals surface area contributed by atoms with Gasteiger partial charge in [0.15, 0.2) is 8.32 Å². The third-order valence-corrected chi connectivity index (χ3v) is 9.30. The van der Waals surface area contributed by atoms with Crippen molar-refractivity contribution >= 4 is 20.1 Å². The van der Waals surface area contributed by atoms with E-state index in [9.17, 15) is 9.59 Å². The lowest BCUT2D eigenvalue weighted by Crippen LogP contribution is -2.63. The molecule has 0 spiro atoms. The van der Waals surface area contributed by atoms with Gasteiger partial charge in [-0.15, -0.1) is 0 Å². The van der Waals surface area contributed by atoms with E-state index in [2.05, 4.69) is 33.9 Å². The average molecular weight is 300 g/mol. The molecule has 1 fully saturated rings. The van der Waals surface area contributed by atoms with Crippen molar-refractivity contribution in [3.05, 3.63) is 0 Å². The Bertz CT molecular complexity index is 404. The van der Waals surface area contributed by atoms with Crippen molar-refractivity contribution in [2.75, 3.05) is 20.7 Å². The van der Waals surface area contributed by atoms with Crippen LogP contribution in [0, 0.1) is 0 Å². The molecule has 1 rings (SSSR count). The molecule has 0 aromatic heterocycles. The van der Waals surface area contributed by atoms with Crippen LogP contribution in [0.1, 0.15) is 27.7 Å². The SMILES string of the molecule is C[C@H]1C(=O)N(C)[C@@H](CO[Si](C)(C)C(C)(C)C)C(=O)N1C. The molecule has 1 aliphatic heterocycles. The fourth-order valence-electron chi connectivity index (χ4n) is 1.89. The maximum Gasteiger partial charge on any atom is 0.248 e. The summed E-state index contributed by atoms with van der Waals surface area (Å²) in [5, 5.41) is 0.0898. The van der Waals surface area contributed by atoms with Gasteiger partial charge in [0.05, 0.1) is 6.61 Å². The number of nitrogens with zero attached hydrogens (tertiary/aromatic N) is 2. The van der Waals surface area contributed by atoms with Crippen molar-refractivity contribution in [3.8, 4) is 0 Å². The second-order valence-electron chi connectivity index (χ2n) is 7.16. The second-order valence-corrected chi connectivity index (χ2v) is 12.0. The molecular formula is C14H28N2O3Si. The zero-order valence-corrected chi connectivity index (χ0v) is 15.0. The largest absolute Gasteiger partial charge is 0.414 e. The molecule has 0 N–H and O–H groups in total. The van der Waals surface area contributed by atoms with Gasteiger partial charge >= 0.3 is 0 Å². The smallest absolute Gasteiger partial charge is 0.248 e. The Labute approximate surface area is 123 Å². The topological polar surface area (TPSA) is 49.9 Å². The number of likely N-dealkylation sites (N-methyl/N-ethyl adjacent to an activating group) is 2. The van der Waals surface area contributed by atoms with Gasteiger partial charge in [-0.25, -0.2) is 0 Å². The van der Waals surface area contributed by atoms with Crippen molar-refractivity contribution in [1.29, 1.82) is 0 Å². The van der Waals surface area contributed by atoms with Crippen molar-refractivity contribution < 1.29 is 14.0 Å². The summed E-state index contributed by atoms with van der Waals surface area (Å²) in [6.45, 7) is 12.8. The highest BCUT2D eigenvalue weighted by molar-refractivity contribution is 6.74. The van der Waals surface area contributed by atoms with E-state index in [1.54, 1.807) is 21.0 Å². The van der Waals surface area contributed by atoms with Crippen LogP contribution in [0.4, 0.5) is 0 Å². The quantitative estimate of drug-likeness (QED) is 0.745. The first-order valence-electron chi connectivity index (χ1n) is 7.07. The van der Waals surface area contributed by atoms with Crippen LogP contribution in [-0.2, 0) is 14.0 Å². The Morgan fingerprint density at radius 1 is 1.10 bits per heavy atom. The van der Waals surface area contributed by atoms with E-state index in [0.29, 0.717) is 0 Å². The fraction of sp³-hybridized carbons (Fsp3) is 0.857. The lowest BCUT2D eigenvalue weighted by molar-refractivity contribution is -0.159. The maximum atomic E-state index is 12.3. The van der Waals surface area contributed by atoms with Crippen LogP contribution >= 0.6 is 0 Å². The zero-order valence-electron chi connectivity index (χ0n) is 14.0. The minimum atomic E-state index is -1.92. The van der Waals surface area contributed by atoms with E-state index >= 15 is 0 Å². The number of carbonyl (C=O) groups is 2. The van der Waals surface area contributed by atoms with Gasteiger partial charge in [-0.2, -0.15) is 0 Å². The molecule has 0 unspecified atom stereocenters. The zero-order chi connectivity index (χ0) is 15.9. The molecule has 2 atom stereocenters. The summed E-state index contributed by atoms with van der Waals surface area (Å²) in [5.74, 6) is -0.0748. The monoisotopic (exact) mass is 300 g/mol. The second kappa shape index (κ2) is 5.48. The number of amides is 2. The first-order chi connectivity index (χ1) is 8.90. The minimum Gasteiger partial charge on any atom is -0.414 e. The number of hydrogen-bond acceptors (Lipinski definition) is 3. The summed E-state index contributed by atoms with van der Waals surface area (Å²) in [6.07, 6.45) is 0. The number of hydrogen-bond donors (Lipinski definition) is 0. The van der Waals surface area contributed by atoms with Crippen LogP contribution in [0.3, 0.4) is 0 Å². The lowest BCUT2D eigenvalue weighted by atomic mass is 10.1. The molecule has 6 heteroatoms. The van der Waals surface area contributed by atoms with Crippen LogP contribution in [-0.4, -0.2) is 62.7 Å². The van der Waals surface area contributed by atoms with Gasteiger partial charge in [0.1, 0.15) is 12.1 Å². The van der Waals surface area contributed by atoms with Gasteiger partial charge in [0.2, 0.25) is 11.8 Å². The van der Waals surface area contributed by atoms with Gasteiger partial charge < -0.3 is 14.2 Å². The van der Waals surface area contributed by atoms with E-state index in [1.807, 2.05) is 0 Å². The highest BCUT2D eigenvalue weighted by atomic mass is 28.4. The predicted octanol–water partition coefficient (Wildman–Crippen LogP) is 1.70. The maximum absolute atomic E-state index is 12.3. The minimum absolute atomic E-state index is 0.0315. The van der Waals surface area contributed by atoms with E-state index < -0.39 is 20.4 Å². The van der Waals surface area contributed by atoms with Gasteiger partial charge in [-0.3, -0.25) is 9.59 Å². The van der Waals surface area contributed by atoms with Crippen LogP contribution in [0.5, 0.6) is 0 Å². The molecule has 0 radical (unpaired) electrons. The molecule has 0 aromatic rings. The van der Waals surface area contributed by atoms with E-state index in [4.69, 9.17) is 4.43 Å². The number of rotatable bonds is 3. The molecule has 2 amide bonds. The van der Waals surface area contributed by atoms with Gasteiger partial charge in [0, 0.05) is 14.1 Å². The van der Waals surface area contributed by atoms with Crippen LogP contribution in [0.25, 0.3) is 0 Å². The van der Waals surface area contributed by atoms with Gasteiger partial charge in [-0.05, 0) is 25.1 Å². The summed E-state index contributed by atoms with van der Waals surface area (Å²) in [6, 6.07) is -0.894. The van der Waals surface area contributed by atoms with Crippen LogP contribution in [0.2, 0.25) is 18.1 Å². The molecule has 0 bridgehead atoms. The van der Waals surface area contributed by atoms with Crippen molar-refractivity contribution in [2.24, 2.45) is 0 Å². The Morgan fingerprint density at radius 3 is 2.05 bits per heavy atom. The van der Waals surface area contributed by atoms with Gasteiger partial charge in [0.25, 0.3) is 0 Å². The molecular weight excluding hydrogens is 272 g/mol. The Balaban J connectivity index is 2.82. The standard InChI is InChI=1S/C14H28N2O3Si/c1-10-12(17)16(6)11(13(18)15(10)5)9-19-20(7,8)14(2,3)4/h10-11H,9H2,1-8H3/t10-,11-/m0/s1. The molecule has 0 aromatic carbocycles. The fourth-order valence-corrected chi connectivity index (χ4v) is 2.90. The molecule has 0 aliphatic carbocycles. The third-order valence-electron chi connectivity index (χ3n) is 4.79. The molecule has 116 valence electrons. The van der Waals surface area contributed by atoms with Crippen LogP contribution < -0.4 is 0 Å². The van der Waals surface area contributed by atoms with Gasteiger partial charge in [-0.1, -0.05) is 20.8 Å². The predicted molar refractivity (Wildman–Crippen MR) is 81.9 cm³/mol. The number of carbonyl (C=O) groups excluding carboxylic acids is 2. The highest BCUT2D eigenvalue weighted by Crippen LogP contribution is 2.36. The average Bonchev–Trinajstić information content (AvgIpc) is 2.32. The summed E-state index contributed by atoms with van der Waals surface area (Å²) in [4.78, 5) is 27.5. The normalized spacial score (nSPS) is 25.4. The van der Waals surface area contributed by atoms with Crippen molar-refractivity contribution in [1.82, 2.24) is 9.80 Å². The molecule has 5 nitrogen and oxygen atoms in total. The van der Waals surface area contributed by atoms with E-state index in [0.717, 1.165) is 0 Å². The summed E-state index contributed by atoms with van der Waals surface area (Å²) in [7, 11) is 1.44. The Morgan fingerprint density at radius 2 is 1.60 bits per heavy atom. The summed E-state index contributed by atoms with van der Waals surface area (Å²) >= 11 is 0. The summed E-state index contributed by atoms with van der Waals surface area (Å²) in [5.41, 5.74) is 0. The van der Waals surface area contributed by atoms with Crippen LogP contribution in [0.15, 0.2) is 0 Å². The Kier molecular flexibility index (Phi) is 4.71. The van der Waals surface area contributed by atoms with E-state index in [-0.39, 0.29) is 23.5 Å².